The van der Waals surface area contributed by atoms with Crippen molar-refractivity contribution < 1.29 is 9.53 Å². The standard InChI is InChI=1S/C28H25ClN4O2/c1-31-16-32(2)28(34)23-25(17-12-14-18(35-3)15-13-17)33-22-11-7-6-10-21(22)30-24(27(33)26(23)31)19-8-4-5-9-20(19)29/h4-15,24,30H,16H2,1-3H3. The molecule has 0 spiro atoms. The van der Waals surface area contributed by atoms with E-state index < -0.39 is 0 Å². The maximum Gasteiger partial charge on any atom is 0.259 e. The van der Waals surface area contributed by atoms with E-state index in [9.17, 15) is 4.79 Å². The summed E-state index contributed by atoms with van der Waals surface area (Å²) in [5.41, 5.74) is 7.37. The minimum absolute atomic E-state index is 0.00112. The molecule has 2 aliphatic heterocycles. The first-order valence-electron chi connectivity index (χ1n) is 11.5. The molecule has 1 aromatic heterocycles. The fraction of sp³-hybridized carbons (Fsp3) is 0.179. The first-order chi connectivity index (χ1) is 17.0. The van der Waals surface area contributed by atoms with Crippen molar-refractivity contribution in [2.75, 3.05) is 38.1 Å². The molecule has 1 amide bonds. The Morgan fingerprint density at radius 3 is 2.40 bits per heavy atom. The number of methoxy groups -OCH3 is 1. The van der Waals surface area contributed by atoms with Gasteiger partial charge in [-0.25, -0.2) is 0 Å². The van der Waals surface area contributed by atoms with Gasteiger partial charge in [0.25, 0.3) is 5.91 Å². The number of halogens is 1. The van der Waals surface area contributed by atoms with Crippen LogP contribution in [-0.4, -0.2) is 43.2 Å². The van der Waals surface area contributed by atoms with E-state index in [0.717, 1.165) is 45.3 Å². The average Bonchev–Trinajstić information content (AvgIpc) is 3.24. The van der Waals surface area contributed by atoms with E-state index in [1.54, 1.807) is 12.0 Å². The highest BCUT2D eigenvalue weighted by Gasteiger charge is 2.41. The Bertz CT molecular complexity index is 1460. The van der Waals surface area contributed by atoms with Crippen LogP contribution in [0.4, 0.5) is 11.4 Å². The Balaban J connectivity index is 1.74. The lowest BCUT2D eigenvalue weighted by molar-refractivity contribution is 0.0786. The van der Waals surface area contributed by atoms with Crippen LogP contribution in [0.15, 0.2) is 72.8 Å². The molecule has 1 N–H and O–H groups in total. The first kappa shape index (κ1) is 21.6. The predicted octanol–water partition coefficient (Wildman–Crippen LogP) is 5.80. The summed E-state index contributed by atoms with van der Waals surface area (Å²) in [5, 5.41) is 4.39. The second-order valence-corrected chi connectivity index (χ2v) is 9.39. The van der Waals surface area contributed by atoms with Gasteiger partial charge in [0.1, 0.15) is 5.75 Å². The van der Waals surface area contributed by atoms with Gasteiger partial charge in [0.2, 0.25) is 0 Å². The number of benzene rings is 3. The average molecular weight is 485 g/mol. The van der Waals surface area contributed by atoms with Crippen LogP contribution in [0.25, 0.3) is 16.9 Å². The summed E-state index contributed by atoms with van der Waals surface area (Å²) in [7, 11) is 5.53. The summed E-state index contributed by atoms with van der Waals surface area (Å²) in [5.74, 6) is 0.769. The summed E-state index contributed by atoms with van der Waals surface area (Å²) in [4.78, 5) is 17.6. The highest BCUT2D eigenvalue weighted by atomic mass is 35.5. The Kier molecular flexibility index (Phi) is 5.00. The molecule has 3 heterocycles. The van der Waals surface area contributed by atoms with Crippen LogP contribution in [-0.2, 0) is 0 Å². The van der Waals surface area contributed by atoms with E-state index in [-0.39, 0.29) is 11.9 Å². The molecule has 0 fully saturated rings. The van der Waals surface area contributed by atoms with Crippen LogP contribution in [0.3, 0.4) is 0 Å². The number of nitrogens with one attached hydrogen (secondary N) is 1. The molecule has 1 unspecified atom stereocenters. The lowest BCUT2D eigenvalue weighted by Gasteiger charge is -2.35. The number of carbonyl (C=O) groups is 1. The van der Waals surface area contributed by atoms with E-state index in [1.165, 1.54) is 0 Å². The SMILES string of the molecule is COc1ccc(-c2c3c(c4n2-c2ccccc2NC4c2ccccc2Cl)N(C)CN(C)C3=O)cc1. The predicted molar refractivity (Wildman–Crippen MR) is 140 cm³/mol. The topological polar surface area (TPSA) is 49.7 Å². The monoisotopic (exact) mass is 484 g/mol. The van der Waals surface area contributed by atoms with Crippen LogP contribution < -0.4 is 15.0 Å². The van der Waals surface area contributed by atoms with Gasteiger partial charge < -0.3 is 24.4 Å². The third-order valence-electron chi connectivity index (χ3n) is 6.85. The van der Waals surface area contributed by atoms with Gasteiger partial charge in [-0.2, -0.15) is 0 Å². The Morgan fingerprint density at radius 1 is 0.943 bits per heavy atom. The van der Waals surface area contributed by atoms with Crippen molar-refractivity contribution in [2.24, 2.45) is 0 Å². The van der Waals surface area contributed by atoms with E-state index in [1.807, 2.05) is 74.8 Å². The van der Waals surface area contributed by atoms with Gasteiger partial charge >= 0.3 is 0 Å². The quantitative estimate of drug-likeness (QED) is 0.399. The molecule has 176 valence electrons. The van der Waals surface area contributed by atoms with E-state index in [0.29, 0.717) is 17.3 Å². The van der Waals surface area contributed by atoms with E-state index >= 15 is 0 Å². The van der Waals surface area contributed by atoms with Crippen molar-refractivity contribution in [1.82, 2.24) is 9.47 Å². The van der Waals surface area contributed by atoms with Crippen molar-refractivity contribution >= 4 is 28.9 Å². The molecule has 0 saturated heterocycles. The molecule has 7 heteroatoms. The lowest BCUT2D eigenvalue weighted by Crippen LogP contribution is -2.42. The van der Waals surface area contributed by atoms with Gasteiger partial charge in [-0.05, 0) is 53.6 Å². The highest BCUT2D eigenvalue weighted by Crippen LogP contribution is 2.50. The molecule has 6 nitrogen and oxygen atoms in total. The van der Waals surface area contributed by atoms with Crippen LogP contribution in [0, 0.1) is 0 Å². The summed E-state index contributed by atoms with van der Waals surface area (Å²) in [6.07, 6.45) is 0. The van der Waals surface area contributed by atoms with Gasteiger partial charge in [-0.15, -0.1) is 0 Å². The molecular weight excluding hydrogens is 460 g/mol. The van der Waals surface area contributed by atoms with Crippen molar-refractivity contribution in [3.8, 4) is 22.7 Å². The number of anilines is 2. The van der Waals surface area contributed by atoms with Crippen molar-refractivity contribution in [2.45, 2.75) is 6.04 Å². The summed E-state index contributed by atoms with van der Waals surface area (Å²) in [6.45, 7) is 0.502. The zero-order valence-electron chi connectivity index (χ0n) is 19.7. The molecule has 4 aromatic rings. The number of nitrogens with zero attached hydrogens (tertiary/aromatic N) is 3. The number of amides is 1. The maximum absolute atomic E-state index is 13.7. The molecular formula is C28H25ClN4O2. The molecule has 35 heavy (non-hydrogen) atoms. The van der Waals surface area contributed by atoms with Gasteiger partial charge in [-0.1, -0.05) is 41.9 Å². The number of ether oxygens (including phenoxy) is 1. The van der Waals surface area contributed by atoms with Crippen LogP contribution >= 0.6 is 11.6 Å². The lowest BCUT2D eigenvalue weighted by atomic mass is 9.97. The summed E-state index contributed by atoms with van der Waals surface area (Å²) < 4.78 is 7.63. The van der Waals surface area contributed by atoms with Crippen molar-refractivity contribution in [1.29, 1.82) is 0 Å². The van der Waals surface area contributed by atoms with Crippen molar-refractivity contribution in [3.63, 3.8) is 0 Å². The second-order valence-electron chi connectivity index (χ2n) is 8.98. The minimum atomic E-state index is -0.238. The number of hydrogen-bond donors (Lipinski definition) is 1. The smallest absolute Gasteiger partial charge is 0.259 e. The Hall–Kier alpha value is -3.90. The van der Waals surface area contributed by atoms with Gasteiger partial charge in [0.05, 0.1) is 53.8 Å². The zero-order valence-corrected chi connectivity index (χ0v) is 20.5. The number of rotatable bonds is 3. The van der Waals surface area contributed by atoms with Crippen LogP contribution in [0.5, 0.6) is 5.75 Å². The van der Waals surface area contributed by atoms with E-state index in [4.69, 9.17) is 16.3 Å². The largest absolute Gasteiger partial charge is 0.497 e. The second kappa shape index (κ2) is 8.10. The van der Waals surface area contributed by atoms with Crippen LogP contribution in [0.1, 0.15) is 27.7 Å². The van der Waals surface area contributed by atoms with Gasteiger partial charge in [0.15, 0.2) is 0 Å². The Morgan fingerprint density at radius 2 is 1.66 bits per heavy atom. The highest BCUT2D eigenvalue weighted by molar-refractivity contribution is 6.31. The molecule has 0 saturated carbocycles. The fourth-order valence-corrected chi connectivity index (χ4v) is 5.54. The number of fused-ring (bicyclic) bond motifs is 5. The van der Waals surface area contributed by atoms with Crippen LogP contribution in [0.2, 0.25) is 5.02 Å². The third-order valence-corrected chi connectivity index (χ3v) is 7.19. The third kappa shape index (κ3) is 3.21. The summed E-state index contributed by atoms with van der Waals surface area (Å²) >= 11 is 6.73. The minimum Gasteiger partial charge on any atom is -0.497 e. The molecule has 1 atom stereocenters. The zero-order chi connectivity index (χ0) is 24.3. The number of aromatic nitrogens is 1. The molecule has 6 rings (SSSR count). The van der Waals surface area contributed by atoms with E-state index in [2.05, 4.69) is 26.9 Å². The summed E-state index contributed by atoms with van der Waals surface area (Å²) in [6, 6.07) is 23.7. The number of para-hydroxylation sites is 2. The fourth-order valence-electron chi connectivity index (χ4n) is 5.30. The molecule has 0 aliphatic carbocycles. The van der Waals surface area contributed by atoms with Crippen molar-refractivity contribution in [3.05, 3.63) is 94.6 Å². The number of carbonyl (C=O) groups excluding carboxylic acids is 1. The normalized spacial score (nSPS) is 16.3. The molecule has 2 aliphatic rings. The number of hydrogen-bond acceptors (Lipinski definition) is 4. The first-order valence-corrected chi connectivity index (χ1v) is 11.9. The molecule has 0 bridgehead atoms. The molecule has 3 aromatic carbocycles. The Labute approximate surface area is 209 Å². The maximum atomic E-state index is 13.7. The molecule has 0 radical (unpaired) electrons. The van der Waals surface area contributed by atoms with Gasteiger partial charge in [0, 0.05) is 19.1 Å². The van der Waals surface area contributed by atoms with Gasteiger partial charge in [-0.3, -0.25) is 4.79 Å².